The molecule has 0 saturated heterocycles. The molecule has 0 aliphatic rings. The van der Waals surface area contributed by atoms with E-state index in [-0.39, 0.29) is 5.82 Å². The van der Waals surface area contributed by atoms with Crippen LogP contribution in [0.15, 0.2) is 42.7 Å². The van der Waals surface area contributed by atoms with E-state index >= 15 is 0 Å². The summed E-state index contributed by atoms with van der Waals surface area (Å²) in [7, 11) is 1.83. The highest BCUT2D eigenvalue weighted by Gasteiger charge is 2.15. The molecule has 1 aromatic heterocycles. The van der Waals surface area contributed by atoms with Crippen LogP contribution in [-0.4, -0.2) is 14.8 Å². The quantitative estimate of drug-likeness (QED) is 0.713. The Balaban J connectivity index is 2.33. The normalized spacial score (nSPS) is 10.9. The van der Waals surface area contributed by atoms with Gasteiger partial charge in [-0.3, -0.25) is 0 Å². The molecule has 0 saturated carbocycles. The predicted molar refractivity (Wildman–Crippen MR) is 81.3 cm³/mol. The second-order valence-electron chi connectivity index (χ2n) is 5.16. The number of hydrogen-bond acceptors (Lipinski definition) is 2. The van der Waals surface area contributed by atoms with Gasteiger partial charge in [-0.1, -0.05) is 18.2 Å². The molecule has 2 aromatic carbocycles. The number of aromatic nitrogens is 3. The second kappa shape index (κ2) is 5.13. The van der Waals surface area contributed by atoms with Crippen LogP contribution in [0.1, 0.15) is 11.1 Å². The molecule has 3 rings (SSSR count). The number of rotatable bonds is 2. The summed E-state index contributed by atoms with van der Waals surface area (Å²) in [5, 5.41) is 4.11. The molecule has 4 heteroatoms. The molecule has 0 aliphatic heterocycles. The molecule has 0 amide bonds. The molecule has 0 bridgehead atoms. The Labute approximate surface area is 123 Å². The highest BCUT2D eigenvalue weighted by Crippen LogP contribution is 2.35. The second-order valence-corrected chi connectivity index (χ2v) is 5.16. The van der Waals surface area contributed by atoms with Crippen LogP contribution in [0, 0.1) is 19.7 Å². The average molecular weight is 281 g/mol. The summed E-state index contributed by atoms with van der Waals surface area (Å²) in [6.45, 7) is 4.07. The third kappa shape index (κ3) is 2.33. The molecular formula is C17H16FN3. The van der Waals surface area contributed by atoms with Crippen molar-refractivity contribution >= 4 is 0 Å². The molecule has 0 N–H and O–H groups in total. The van der Waals surface area contributed by atoms with Crippen LogP contribution in [0.25, 0.3) is 22.5 Å². The smallest absolute Gasteiger partial charge is 0.158 e. The maximum Gasteiger partial charge on any atom is 0.158 e. The van der Waals surface area contributed by atoms with Gasteiger partial charge in [-0.2, -0.15) is 5.10 Å². The highest BCUT2D eigenvalue weighted by molar-refractivity contribution is 5.84. The number of hydrogen-bond donors (Lipinski definition) is 0. The third-order valence-corrected chi connectivity index (χ3v) is 3.68. The van der Waals surface area contributed by atoms with E-state index in [9.17, 15) is 4.39 Å². The molecule has 1 heterocycles. The zero-order chi connectivity index (χ0) is 15.0. The zero-order valence-electron chi connectivity index (χ0n) is 12.3. The van der Waals surface area contributed by atoms with Crippen LogP contribution >= 0.6 is 0 Å². The van der Waals surface area contributed by atoms with Gasteiger partial charge in [-0.25, -0.2) is 14.1 Å². The fourth-order valence-electron chi connectivity index (χ4n) is 2.70. The summed E-state index contributed by atoms with van der Waals surface area (Å²) in [4.78, 5) is 4.29. The van der Waals surface area contributed by atoms with Crippen LogP contribution in [0.2, 0.25) is 0 Å². The van der Waals surface area contributed by atoms with Gasteiger partial charge >= 0.3 is 0 Å². The molecule has 0 radical (unpaired) electrons. The summed E-state index contributed by atoms with van der Waals surface area (Å²) in [6.07, 6.45) is 1.51. The molecule has 3 nitrogen and oxygen atoms in total. The SMILES string of the molecule is Cc1cccc(C)c1-c1cc(F)ccc1-c1ncnn1C. The number of aryl methyl sites for hydroxylation is 3. The standard InChI is InChI=1S/C17H16FN3/c1-11-5-4-6-12(2)16(11)15-9-13(18)7-8-14(15)17-19-10-20-21(17)3/h4-10H,1-3H3. The average Bonchev–Trinajstić information content (AvgIpc) is 2.85. The first-order chi connectivity index (χ1) is 10.1. The van der Waals surface area contributed by atoms with E-state index in [2.05, 4.69) is 10.1 Å². The summed E-state index contributed by atoms with van der Waals surface area (Å²) in [6, 6.07) is 10.9. The monoisotopic (exact) mass is 281 g/mol. The summed E-state index contributed by atoms with van der Waals surface area (Å²) >= 11 is 0. The topological polar surface area (TPSA) is 30.7 Å². The van der Waals surface area contributed by atoms with Crippen LogP contribution in [0.4, 0.5) is 4.39 Å². The van der Waals surface area contributed by atoms with Crippen molar-refractivity contribution in [1.29, 1.82) is 0 Å². The Bertz CT molecular complexity index is 785. The molecule has 106 valence electrons. The molecular weight excluding hydrogens is 265 g/mol. The van der Waals surface area contributed by atoms with Gasteiger partial charge in [-0.15, -0.1) is 0 Å². The molecule has 0 spiro atoms. The van der Waals surface area contributed by atoms with E-state index < -0.39 is 0 Å². The number of benzene rings is 2. The molecule has 0 fully saturated rings. The minimum atomic E-state index is -0.251. The van der Waals surface area contributed by atoms with Gasteiger partial charge in [0, 0.05) is 12.6 Å². The minimum absolute atomic E-state index is 0.251. The van der Waals surface area contributed by atoms with E-state index in [0.29, 0.717) is 0 Å². The first-order valence-electron chi connectivity index (χ1n) is 6.78. The predicted octanol–water partition coefficient (Wildman–Crippen LogP) is 3.91. The van der Waals surface area contributed by atoms with Gasteiger partial charge in [0.2, 0.25) is 0 Å². The minimum Gasteiger partial charge on any atom is -0.249 e. The number of halogens is 1. The largest absolute Gasteiger partial charge is 0.249 e. The van der Waals surface area contributed by atoms with Crippen molar-refractivity contribution in [3.63, 3.8) is 0 Å². The Morgan fingerprint density at radius 2 is 1.71 bits per heavy atom. The van der Waals surface area contributed by atoms with E-state index in [1.807, 2.05) is 39.1 Å². The van der Waals surface area contributed by atoms with Gasteiger partial charge in [0.15, 0.2) is 5.82 Å². The Morgan fingerprint density at radius 3 is 2.33 bits per heavy atom. The van der Waals surface area contributed by atoms with E-state index in [1.54, 1.807) is 16.8 Å². The summed E-state index contributed by atoms with van der Waals surface area (Å²) in [5.41, 5.74) is 5.01. The van der Waals surface area contributed by atoms with Crippen molar-refractivity contribution in [3.05, 3.63) is 59.7 Å². The van der Waals surface area contributed by atoms with Gasteiger partial charge in [0.25, 0.3) is 0 Å². The van der Waals surface area contributed by atoms with Crippen LogP contribution in [0.5, 0.6) is 0 Å². The molecule has 0 atom stereocenters. The van der Waals surface area contributed by atoms with Gasteiger partial charge in [-0.05, 0) is 54.3 Å². The third-order valence-electron chi connectivity index (χ3n) is 3.68. The van der Waals surface area contributed by atoms with Crippen molar-refractivity contribution in [2.45, 2.75) is 13.8 Å². The maximum absolute atomic E-state index is 13.8. The maximum atomic E-state index is 13.8. The van der Waals surface area contributed by atoms with Crippen molar-refractivity contribution in [3.8, 4) is 22.5 Å². The lowest BCUT2D eigenvalue weighted by Gasteiger charge is -2.14. The van der Waals surface area contributed by atoms with Gasteiger partial charge in [0.05, 0.1) is 0 Å². The lowest BCUT2D eigenvalue weighted by Crippen LogP contribution is -1.98. The Hall–Kier alpha value is -2.49. The van der Waals surface area contributed by atoms with Gasteiger partial charge < -0.3 is 0 Å². The zero-order valence-corrected chi connectivity index (χ0v) is 12.3. The summed E-state index contributed by atoms with van der Waals surface area (Å²) in [5.74, 6) is 0.478. The highest BCUT2D eigenvalue weighted by atomic mass is 19.1. The van der Waals surface area contributed by atoms with Crippen molar-refractivity contribution < 1.29 is 4.39 Å². The molecule has 21 heavy (non-hydrogen) atoms. The van der Waals surface area contributed by atoms with E-state index in [0.717, 1.165) is 33.6 Å². The van der Waals surface area contributed by atoms with E-state index in [4.69, 9.17) is 0 Å². The van der Waals surface area contributed by atoms with Crippen LogP contribution < -0.4 is 0 Å². The van der Waals surface area contributed by atoms with Crippen molar-refractivity contribution in [1.82, 2.24) is 14.8 Å². The van der Waals surface area contributed by atoms with Crippen LogP contribution in [0.3, 0.4) is 0 Å². The lowest BCUT2D eigenvalue weighted by molar-refractivity contribution is 0.628. The molecule has 0 aliphatic carbocycles. The fourth-order valence-corrected chi connectivity index (χ4v) is 2.70. The molecule has 3 aromatic rings. The first-order valence-corrected chi connectivity index (χ1v) is 6.78. The van der Waals surface area contributed by atoms with Crippen LogP contribution in [-0.2, 0) is 7.05 Å². The Morgan fingerprint density at radius 1 is 1.00 bits per heavy atom. The number of nitrogens with zero attached hydrogens (tertiary/aromatic N) is 3. The van der Waals surface area contributed by atoms with Crippen molar-refractivity contribution in [2.24, 2.45) is 7.05 Å². The fraction of sp³-hybridized carbons (Fsp3) is 0.176. The first kappa shape index (κ1) is 13.5. The van der Waals surface area contributed by atoms with Gasteiger partial charge in [0.1, 0.15) is 12.1 Å². The molecule has 0 unspecified atom stereocenters. The Kier molecular flexibility index (Phi) is 3.29. The van der Waals surface area contributed by atoms with E-state index in [1.165, 1.54) is 12.4 Å². The van der Waals surface area contributed by atoms with Crippen molar-refractivity contribution in [2.75, 3.05) is 0 Å². The lowest BCUT2D eigenvalue weighted by atomic mass is 9.92. The summed E-state index contributed by atoms with van der Waals surface area (Å²) < 4.78 is 15.5.